The van der Waals surface area contributed by atoms with Gasteiger partial charge in [-0.25, -0.2) is 4.98 Å². The van der Waals surface area contributed by atoms with Crippen LogP contribution in [0.3, 0.4) is 0 Å². The van der Waals surface area contributed by atoms with Crippen molar-refractivity contribution in [3.05, 3.63) is 29.0 Å². The van der Waals surface area contributed by atoms with Gasteiger partial charge in [-0.3, -0.25) is 4.79 Å². The summed E-state index contributed by atoms with van der Waals surface area (Å²) in [5, 5.41) is 3.15. The molecule has 0 aromatic carbocycles. The average Bonchev–Trinajstić information content (AvgIpc) is 2.16. The lowest BCUT2D eigenvalue weighted by molar-refractivity contribution is 0.0820. The number of nitrogens with zero attached hydrogens (tertiary/aromatic N) is 1. The maximum Gasteiger partial charge on any atom is 0.251 e. The third-order valence-electron chi connectivity index (χ3n) is 1.95. The molecule has 1 aromatic rings. The fraction of sp³-hybridized carbons (Fsp3) is 0.455. The van der Waals surface area contributed by atoms with Crippen LogP contribution in [0, 0.1) is 0 Å². The minimum absolute atomic E-state index is 0.189. The van der Waals surface area contributed by atoms with Crippen molar-refractivity contribution < 1.29 is 9.53 Å². The highest BCUT2D eigenvalue weighted by atomic mass is 35.5. The van der Waals surface area contributed by atoms with Crippen molar-refractivity contribution in [1.82, 2.24) is 10.3 Å². The maximum atomic E-state index is 11.8. The molecule has 88 valence electrons. The van der Waals surface area contributed by atoms with Gasteiger partial charge >= 0.3 is 0 Å². The number of carbonyl (C=O) groups is 1. The highest BCUT2D eigenvalue weighted by Gasteiger charge is 2.21. The number of amides is 1. The quantitative estimate of drug-likeness (QED) is 0.821. The van der Waals surface area contributed by atoms with Gasteiger partial charge in [-0.15, -0.1) is 0 Å². The Kier molecular flexibility index (Phi) is 4.26. The van der Waals surface area contributed by atoms with Crippen molar-refractivity contribution in [3.63, 3.8) is 0 Å². The van der Waals surface area contributed by atoms with Gasteiger partial charge in [-0.1, -0.05) is 11.6 Å². The number of pyridine rings is 1. The highest BCUT2D eigenvalue weighted by Crippen LogP contribution is 2.09. The smallest absolute Gasteiger partial charge is 0.251 e. The van der Waals surface area contributed by atoms with E-state index in [1.807, 2.05) is 13.8 Å². The molecule has 0 bridgehead atoms. The van der Waals surface area contributed by atoms with Gasteiger partial charge in [0.05, 0.1) is 12.1 Å². The molecule has 0 fully saturated rings. The van der Waals surface area contributed by atoms with Crippen LogP contribution in [0.25, 0.3) is 0 Å². The van der Waals surface area contributed by atoms with E-state index in [0.717, 1.165) is 0 Å². The van der Waals surface area contributed by atoms with Crippen LogP contribution < -0.4 is 5.32 Å². The van der Waals surface area contributed by atoms with Gasteiger partial charge in [0.25, 0.3) is 5.91 Å². The van der Waals surface area contributed by atoms with Crippen molar-refractivity contribution in [2.75, 3.05) is 13.7 Å². The molecule has 5 heteroatoms. The minimum Gasteiger partial charge on any atom is -0.382 e. The van der Waals surface area contributed by atoms with Crippen molar-refractivity contribution in [2.45, 2.75) is 19.4 Å². The number of ether oxygens (including phenoxy) is 1. The summed E-state index contributed by atoms with van der Waals surface area (Å²) in [5.74, 6) is -0.189. The predicted octanol–water partition coefficient (Wildman–Crippen LogP) is 1.89. The van der Waals surface area contributed by atoms with Crippen LogP contribution in [-0.2, 0) is 4.74 Å². The predicted molar refractivity (Wildman–Crippen MR) is 62.7 cm³/mol. The Balaban J connectivity index is 2.72. The Morgan fingerprint density at radius 1 is 1.62 bits per heavy atom. The Bertz CT molecular complexity index is 380. The second-order valence-electron chi connectivity index (χ2n) is 4.14. The number of halogens is 1. The van der Waals surface area contributed by atoms with E-state index in [4.69, 9.17) is 16.3 Å². The first-order chi connectivity index (χ1) is 7.44. The van der Waals surface area contributed by atoms with Gasteiger partial charge in [0.2, 0.25) is 0 Å². The van der Waals surface area contributed by atoms with Crippen LogP contribution in [0.5, 0.6) is 0 Å². The summed E-state index contributed by atoms with van der Waals surface area (Å²) in [5.41, 5.74) is 0.0749. The Morgan fingerprint density at radius 3 is 2.88 bits per heavy atom. The summed E-state index contributed by atoms with van der Waals surface area (Å²) >= 11 is 5.71. The molecule has 0 aliphatic heterocycles. The standard InChI is InChI=1S/C11H15ClN2O2/c1-11(2,7-16-3)14-10(15)8-4-5-13-9(12)6-8/h4-6H,7H2,1-3H3,(H,14,15). The van der Waals surface area contributed by atoms with Gasteiger partial charge in [0.15, 0.2) is 0 Å². The van der Waals surface area contributed by atoms with E-state index in [1.165, 1.54) is 12.3 Å². The van der Waals surface area contributed by atoms with E-state index in [9.17, 15) is 4.79 Å². The molecule has 1 amide bonds. The van der Waals surface area contributed by atoms with Gasteiger partial charge in [-0.05, 0) is 26.0 Å². The summed E-state index contributed by atoms with van der Waals surface area (Å²) in [6, 6.07) is 3.14. The molecule has 0 radical (unpaired) electrons. The van der Waals surface area contributed by atoms with Gasteiger partial charge in [0, 0.05) is 18.9 Å². The first-order valence-electron chi connectivity index (χ1n) is 4.87. The molecule has 0 saturated heterocycles. The van der Waals surface area contributed by atoms with Gasteiger partial charge in [-0.2, -0.15) is 0 Å². The molecule has 0 aliphatic rings. The van der Waals surface area contributed by atoms with E-state index in [1.54, 1.807) is 13.2 Å². The van der Waals surface area contributed by atoms with Crippen molar-refractivity contribution in [1.29, 1.82) is 0 Å². The fourth-order valence-corrected chi connectivity index (χ4v) is 1.49. The normalized spacial score (nSPS) is 11.2. The van der Waals surface area contributed by atoms with E-state index in [2.05, 4.69) is 10.3 Å². The summed E-state index contributed by atoms with van der Waals surface area (Å²) in [6.07, 6.45) is 1.50. The largest absolute Gasteiger partial charge is 0.382 e. The van der Waals surface area contributed by atoms with E-state index < -0.39 is 5.54 Å². The zero-order valence-electron chi connectivity index (χ0n) is 9.58. The van der Waals surface area contributed by atoms with Crippen LogP contribution >= 0.6 is 11.6 Å². The molecule has 4 nitrogen and oxygen atoms in total. The number of rotatable bonds is 4. The van der Waals surface area contributed by atoms with Gasteiger partial charge in [0.1, 0.15) is 5.15 Å². The summed E-state index contributed by atoms with van der Waals surface area (Å²) in [4.78, 5) is 15.7. The number of aromatic nitrogens is 1. The molecule has 0 spiro atoms. The molecule has 0 aliphatic carbocycles. The molecule has 0 saturated carbocycles. The topological polar surface area (TPSA) is 51.2 Å². The van der Waals surface area contributed by atoms with Crippen LogP contribution in [0.2, 0.25) is 5.15 Å². The third kappa shape index (κ3) is 3.79. The maximum absolute atomic E-state index is 11.8. The number of methoxy groups -OCH3 is 1. The Hall–Kier alpha value is -1.13. The molecule has 1 aromatic heterocycles. The van der Waals surface area contributed by atoms with Crippen LogP contribution in [0.1, 0.15) is 24.2 Å². The number of hydrogen-bond acceptors (Lipinski definition) is 3. The fourth-order valence-electron chi connectivity index (χ4n) is 1.32. The Morgan fingerprint density at radius 2 is 2.31 bits per heavy atom. The molecule has 0 unspecified atom stereocenters. The second-order valence-corrected chi connectivity index (χ2v) is 4.53. The van der Waals surface area contributed by atoms with Crippen molar-refractivity contribution >= 4 is 17.5 Å². The average molecular weight is 243 g/mol. The van der Waals surface area contributed by atoms with Crippen molar-refractivity contribution in [2.24, 2.45) is 0 Å². The van der Waals surface area contributed by atoms with E-state index in [-0.39, 0.29) is 5.91 Å². The summed E-state index contributed by atoms with van der Waals surface area (Å²) in [6.45, 7) is 4.21. The van der Waals surface area contributed by atoms with Gasteiger partial charge < -0.3 is 10.1 Å². The van der Waals surface area contributed by atoms with E-state index in [0.29, 0.717) is 17.3 Å². The highest BCUT2D eigenvalue weighted by molar-refractivity contribution is 6.29. The van der Waals surface area contributed by atoms with Crippen molar-refractivity contribution in [3.8, 4) is 0 Å². The molecule has 0 atom stereocenters. The lowest BCUT2D eigenvalue weighted by atomic mass is 10.1. The number of carbonyl (C=O) groups excluding carboxylic acids is 1. The molecular formula is C11H15ClN2O2. The monoisotopic (exact) mass is 242 g/mol. The molecular weight excluding hydrogens is 228 g/mol. The number of nitrogens with one attached hydrogen (secondary N) is 1. The number of hydrogen-bond donors (Lipinski definition) is 1. The SMILES string of the molecule is COCC(C)(C)NC(=O)c1ccnc(Cl)c1. The molecule has 1 heterocycles. The first-order valence-corrected chi connectivity index (χ1v) is 5.25. The lowest BCUT2D eigenvalue weighted by Crippen LogP contribution is -2.46. The minimum atomic E-state index is -0.415. The summed E-state index contributed by atoms with van der Waals surface area (Å²) in [7, 11) is 1.59. The van der Waals surface area contributed by atoms with Crippen LogP contribution in [-0.4, -0.2) is 30.1 Å². The van der Waals surface area contributed by atoms with Crippen LogP contribution in [0.15, 0.2) is 18.3 Å². The lowest BCUT2D eigenvalue weighted by Gasteiger charge is -2.25. The van der Waals surface area contributed by atoms with E-state index >= 15 is 0 Å². The third-order valence-corrected chi connectivity index (χ3v) is 2.15. The Labute approximate surface area is 100.0 Å². The van der Waals surface area contributed by atoms with Crippen LogP contribution in [0.4, 0.5) is 0 Å². The first kappa shape index (κ1) is 12.9. The zero-order chi connectivity index (χ0) is 12.2. The molecule has 16 heavy (non-hydrogen) atoms. The summed E-state index contributed by atoms with van der Waals surface area (Å²) < 4.78 is 5.01. The molecule has 1 rings (SSSR count). The zero-order valence-corrected chi connectivity index (χ0v) is 10.3. The molecule has 1 N–H and O–H groups in total. The second kappa shape index (κ2) is 5.27.